The van der Waals surface area contributed by atoms with Crippen LogP contribution in [0.25, 0.3) is 11.4 Å². The molecule has 1 aromatic heterocycles. The minimum Gasteiger partial charge on any atom is -0.295 e. The van der Waals surface area contributed by atoms with Gasteiger partial charge in [-0.3, -0.25) is 4.57 Å². The number of aromatic nitrogens is 3. The summed E-state index contributed by atoms with van der Waals surface area (Å²) in [6.45, 7) is 0. The topological polar surface area (TPSA) is 30.7 Å². The molecule has 0 aliphatic heterocycles. The highest BCUT2D eigenvalue weighted by Crippen LogP contribution is 2.33. The summed E-state index contributed by atoms with van der Waals surface area (Å²) in [5, 5.41) is 8.80. The van der Waals surface area contributed by atoms with Crippen molar-refractivity contribution in [2.75, 3.05) is 0 Å². The molecule has 18 heavy (non-hydrogen) atoms. The van der Waals surface area contributed by atoms with E-state index in [-0.39, 0.29) is 0 Å². The van der Waals surface area contributed by atoms with Gasteiger partial charge in [0.05, 0.1) is 0 Å². The van der Waals surface area contributed by atoms with E-state index in [4.69, 9.17) is 11.6 Å². The lowest BCUT2D eigenvalue weighted by molar-refractivity contribution is 0.355. The Hall–Kier alpha value is -1.35. The first-order chi connectivity index (χ1) is 8.86. The Kier molecular flexibility index (Phi) is 3.33. The Morgan fingerprint density at radius 1 is 1.00 bits per heavy atom. The lowest BCUT2D eigenvalue weighted by Crippen LogP contribution is -2.14. The average Bonchev–Trinajstić information content (AvgIpc) is 2.83. The van der Waals surface area contributed by atoms with Crippen molar-refractivity contribution in [3.05, 3.63) is 35.6 Å². The molecule has 2 aromatic rings. The summed E-state index contributed by atoms with van der Waals surface area (Å²) in [7, 11) is 0. The van der Waals surface area contributed by atoms with Crippen molar-refractivity contribution in [1.82, 2.24) is 14.8 Å². The molecule has 3 nitrogen and oxygen atoms in total. The number of benzene rings is 1. The summed E-state index contributed by atoms with van der Waals surface area (Å²) in [5.41, 5.74) is 1.09. The van der Waals surface area contributed by atoms with Crippen LogP contribution in [0.2, 0.25) is 5.28 Å². The van der Waals surface area contributed by atoms with Crippen molar-refractivity contribution < 1.29 is 0 Å². The second-order valence-electron chi connectivity index (χ2n) is 4.82. The fourth-order valence-corrected chi connectivity index (χ4v) is 2.98. The quantitative estimate of drug-likeness (QED) is 0.815. The molecule has 94 valence electrons. The van der Waals surface area contributed by atoms with Gasteiger partial charge in [0.2, 0.25) is 5.28 Å². The first kappa shape index (κ1) is 11.7. The molecule has 1 aliphatic rings. The Labute approximate surface area is 112 Å². The Morgan fingerprint density at radius 2 is 1.72 bits per heavy atom. The predicted octanol–water partition coefficient (Wildman–Crippen LogP) is 4.10. The van der Waals surface area contributed by atoms with Crippen LogP contribution in [0.15, 0.2) is 30.3 Å². The molecule has 1 aromatic carbocycles. The van der Waals surface area contributed by atoms with E-state index < -0.39 is 0 Å². The van der Waals surface area contributed by atoms with Crippen molar-refractivity contribution in [2.45, 2.75) is 38.1 Å². The van der Waals surface area contributed by atoms with Crippen LogP contribution in [0.3, 0.4) is 0 Å². The average molecular weight is 262 g/mol. The highest BCUT2D eigenvalue weighted by atomic mass is 35.5. The van der Waals surface area contributed by atoms with Crippen molar-refractivity contribution >= 4 is 11.6 Å². The third kappa shape index (κ3) is 2.15. The van der Waals surface area contributed by atoms with Gasteiger partial charge in [-0.1, -0.05) is 49.6 Å². The van der Waals surface area contributed by atoms with E-state index in [2.05, 4.69) is 26.9 Å². The zero-order valence-corrected chi connectivity index (χ0v) is 11.0. The molecule has 0 radical (unpaired) electrons. The highest BCUT2D eigenvalue weighted by Gasteiger charge is 2.22. The van der Waals surface area contributed by atoms with Gasteiger partial charge >= 0.3 is 0 Å². The van der Waals surface area contributed by atoms with Crippen LogP contribution >= 0.6 is 11.6 Å². The largest absolute Gasteiger partial charge is 0.295 e. The molecule has 0 amide bonds. The zero-order valence-electron chi connectivity index (χ0n) is 10.2. The SMILES string of the molecule is Clc1nnc(-c2ccccc2)n1C1CCCCC1. The number of hydrogen-bond donors (Lipinski definition) is 0. The van der Waals surface area contributed by atoms with Crippen molar-refractivity contribution in [2.24, 2.45) is 0 Å². The third-order valence-corrected chi connectivity index (χ3v) is 3.88. The van der Waals surface area contributed by atoms with E-state index in [1.54, 1.807) is 0 Å². The number of halogens is 1. The Morgan fingerprint density at radius 3 is 2.44 bits per heavy atom. The molecule has 1 fully saturated rings. The molecule has 1 aliphatic carbocycles. The predicted molar refractivity (Wildman–Crippen MR) is 72.6 cm³/mol. The highest BCUT2D eigenvalue weighted by molar-refractivity contribution is 6.28. The lowest BCUT2D eigenvalue weighted by Gasteiger charge is -2.24. The molecular weight excluding hydrogens is 246 g/mol. The van der Waals surface area contributed by atoms with Crippen LogP contribution in [-0.2, 0) is 0 Å². The summed E-state index contributed by atoms with van der Waals surface area (Å²) < 4.78 is 2.11. The van der Waals surface area contributed by atoms with E-state index >= 15 is 0 Å². The van der Waals surface area contributed by atoms with Crippen LogP contribution in [0.1, 0.15) is 38.1 Å². The van der Waals surface area contributed by atoms with Gasteiger partial charge in [-0.25, -0.2) is 0 Å². The number of hydrogen-bond acceptors (Lipinski definition) is 2. The lowest BCUT2D eigenvalue weighted by atomic mass is 9.95. The van der Waals surface area contributed by atoms with E-state index in [0.29, 0.717) is 11.3 Å². The normalized spacial score (nSPS) is 16.9. The minimum atomic E-state index is 0.455. The van der Waals surface area contributed by atoms with Gasteiger partial charge < -0.3 is 0 Å². The fraction of sp³-hybridized carbons (Fsp3) is 0.429. The zero-order chi connectivity index (χ0) is 12.4. The first-order valence-corrected chi connectivity index (χ1v) is 6.90. The number of rotatable bonds is 2. The van der Waals surface area contributed by atoms with Gasteiger partial charge in [0.15, 0.2) is 5.82 Å². The third-order valence-electron chi connectivity index (χ3n) is 3.63. The van der Waals surface area contributed by atoms with E-state index in [1.807, 2.05) is 18.2 Å². The minimum absolute atomic E-state index is 0.455. The van der Waals surface area contributed by atoms with Crippen molar-refractivity contribution in [3.63, 3.8) is 0 Å². The van der Waals surface area contributed by atoms with E-state index in [0.717, 1.165) is 11.4 Å². The molecule has 3 rings (SSSR count). The van der Waals surface area contributed by atoms with Crippen LogP contribution in [0, 0.1) is 0 Å². The maximum atomic E-state index is 6.22. The summed E-state index contributed by atoms with van der Waals surface area (Å²) >= 11 is 6.22. The second-order valence-corrected chi connectivity index (χ2v) is 5.16. The number of nitrogens with zero attached hydrogens (tertiary/aromatic N) is 3. The maximum Gasteiger partial charge on any atom is 0.225 e. The van der Waals surface area contributed by atoms with Gasteiger partial charge in [-0.2, -0.15) is 0 Å². The molecule has 0 saturated heterocycles. The second kappa shape index (κ2) is 5.11. The van der Waals surface area contributed by atoms with Crippen molar-refractivity contribution in [1.29, 1.82) is 0 Å². The van der Waals surface area contributed by atoms with Crippen LogP contribution in [-0.4, -0.2) is 14.8 Å². The maximum absolute atomic E-state index is 6.22. The standard InChI is InChI=1S/C14H16ClN3/c15-14-17-16-13(11-7-3-1-4-8-11)18(14)12-9-5-2-6-10-12/h1,3-4,7-8,12H,2,5-6,9-10H2. The summed E-state index contributed by atoms with van der Waals surface area (Å²) in [4.78, 5) is 0. The van der Waals surface area contributed by atoms with E-state index in [1.165, 1.54) is 32.1 Å². The van der Waals surface area contributed by atoms with Gasteiger partial charge in [-0.15, -0.1) is 10.2 Å². The molecule has 1 heterocycles. The fourth-order valence-electron chi connectivity index (χ4n) is 2.72. The molecule has 0 bridgehead atoms. The molecule has 4 heteroatoms. The van der Waals surface area contributed by atoms with Crippen LogP contribution < -0.4 is 0 Å². The monoisotopic (exact) mass is 261 g/mol. The first-order valence-electron chi connectivity index (χ1n) is 6.52. The molecular formula is C14H16ClN3. The molecule has 0 unspecified atom stereocenters. The summed E-state index contributed by atoms with van der Waals surface area (Å²) in [5.74, 6) is 0.896. The van der Waals surface area contributed by atoms with Crippen LogP contribution in [0.5, 0.6) is 0 Å². The van der Waals surface area contributed by atoms with Crippen molar-refractivity contribution in [3.8, 4) is 11.4 Å². The van der Waals surface area contributed by atoms with Gasteiger partial charge in [0, 0.05) is 11.6 Å². The van der Waals surface area contributed by atoms with Gasteiger partial charge in [-0.05, 0) is 24.4 Å². The van der Waals surface area contributed by atoms with E-state index in [9.17, 15) is 0 Å². The molecule has 0 atom stereocenters. The molecule has 0 spiro atoms. The molecule has 1 saturated carbocycles. The molecule has 0 N–H and O–H groups in total. The van der Waals surface area contributed by atoms with Gasteiger partial charge in [0.25, 0.3) is 0 Å². The Bertz CT molecular complexity index is 515. The van der Waals surface area contributed by atoms with Crippen LogP contribution in [0.4, 0.5) is 0 Å². The van der Waals surface area contributed by atoms with Gasteiger partial charge in [0.1, 0.15) is 0 Å². The summed E-state index contributed by atoms with van der Waals surface area (Å²) in [6.07, 6.45) is 6.23. The summed E-state index contributed by atoms with van der Waals surface area (Å²) in [6, 6.07) is 10.6. The smallest absolute Gasteiger partial charge is 0.225 e. The Balaban J connectivity index is 2.01.